The van der Waals surface area contributed by atoms with Crippen molar-refractivity contribution in [2.75, 3.05) is 20.7 Å². The maximum atomic E-state index is 12.1. The molecule has 0 aliphatic carbocycles. The van der Waals surface area contributed by atoms with Crippen molar-refractivity contribution in [3.8, 4) is 11.5 Å². The van der Waals surface area contributed by atoms with Crippen LogP contribution < -0.4 is 10.5 Å². The van der Waals surface area contributed by atoms with Gasteiger partial charge >= 0.3 is 0 Å². The van der Waals surface area contributed by atoms with E-state index in [2.05, 4.69) is 0 Å². The Morgan fingerprint density at radius 2 is 2.21 bits per heavy atom. The average molecular weight is 282 g/mol. The maximum Gasteiger partial charge on any atom is 0.253 e. The number of rotatable bonds is 5. The van der Waals surface area contributed by atoms with E-state index >= 15 is 0 Å². The highest BCUT2D eigenvalue weighted by Crippen LogP contribution is 2.26. The van der Waals surface area contributed by atoms with Crippen LogP contribution in [0, 0.1) is 5.92 Å². The number of methoxy groups -OCH3 is 1. The van der Waals surface area contributed by atoms with Gasteiger partial charge in [0.25, 0.3) is 5.91 Å². The second-order valence-corrected chi connectivity index (χ2v) is 4.85. The van der Waals surface area contributed by atoms with E-state index in [0.29, 0.717) is 22.8 Å². The van der Waals surface area contributed by atoms with Crippen LogP contribution in [0.4, 0.5) is 0 Å². The minimum Gasteiger partial charge on any atom is -0.504 e. The van der Waals surface area contributed by atoms with Crippen LogP contribution in [-0.2, 0) is 0 Å². The van der Waals surface area contributed by atoms with Gasteiger partial charge < -0.3 is 20.5 Å². The van der Waals surface area contributed by atoms with E-state index in [1.807, 2.05) is 6.92 Å². The van der Waals surface area contributed by atoms with Gasteiger partial charge in [0.05, 0.1) is 12.1 Å². The molecule has 1 rings (SSSR count). The van der Waals surface area contributed by atoms with Gasteiger partial charge in [-0.3, -0.25) is 4.79 Å². The Hall–Kier alpha value is -1.82. The molecule has 0 aliphatic rings. The summed E-state index contributed by atoms with van der Waals surface area (Å²) < 4.78 is 4.93. The summed E-state index contributed by atoms with van der Waals surface area (Å²) in [6.07, 6.45) is 0. The number of ether oxygens (including phenoxy) is 1. The molecule has 0 fully saturated rings. The standard InChI is InChI=1S/C13H18N2O3S/c1-8(12(14)19)7-15(2)13(17)9-4-5-11(18-3)10(16)6-9/h4-6,8,16H,7H2,1-3H3,(H2,14,19). The highest BCUT2D eigenvalue weighted by Gasteiger charge is 2.17. The molecule has 104 valence electrons. The van der Waals surface area contributed by atoms with Gasteiger partial charge in [0.15, 0.2) is 11.5 Å². The number of hydrogen-bond acceptors (Lipinski definition) is 4. The molecule has 3 N–H and O–H groups in total. The van der Waals surface area contributed by atoms with Crippen molar-refractivity contribution in [2.24, 2.45) is 11.7 Å². The number of benzene rings is 1. The first-order chi connectivity index (χ1) is 8.86. The van der Waals surface area contributed by atoms with Gasteiger partial charge in [-0.1, -0.05) is 19.1 Å². The van der Waals surface area contributed by atoms with Gasteiger partial charge in [-0.15, -0.1) is 0 Å². The number of hydrogen-bond donors (Lipinski definition) is 2. The second-order valence-electron chi connectivity index (χ2n) is 4.38. The van der Waals surface area contributed by atoms with E-state index in [0.717, 1.165) is 0 Å². The van der Waals surface area contributed by atoms with Gasteiger partial charge in [-0.05, 0) is 18.2 Å². The van der Waals surface area contributed by atoms with Crippen LogP contribution in [0.5, 0.6) is 11.5 Å². The Balaban J connectivity index is 2.82. The molecule has 0 heterocycles. The summed E-state index contributed by atoms with van der Waals surface area (Å²) in [5.41, 5.74) is 5.91. The quantitative estimate of drug-likeness (QED) is 0.798. The van der Waals surface area contributed by atoms with Crippen LogP contribution in [-0.4, -0.2) is 41.6 Å². The minimum atomic E-state index is -0.207. The van der Waals surface area contributed by atoms with Crippen molar-refractivity contribution in [3.63, 3.8) is 0 Å². The van der Waals surface area contributed by atoms with Crippen LogP contribution in [0.2, 0.25) is 0 Å². The lowest BCUT2D eigenvalue weighted by Gasteiger charge is -2.21. The summed E-state index contributed by atoms with van der Waals surface area (Å²) in [6, 6.07) is 4.53. The summed E-state index contributed by atoms with van der Waals surface area (Å²) in [5, 5.41) is 9.66. The van der Waals surface area contributed by atoms with E-state index in [9.17, 15) is 9.90 Å². The number of nitrogens with two attached hydrogens (primary N) is 1. The van der Waals surface area contributed by atoms with Crippen molar-refractivity contribution >= 4 is 23.1 Å². The first kappa shape index (κ1) is 15.2. The predicted octanol–water partition coefficient (Wildman–Crippen LogP) is 1.40. The van der Waals surface area contributed by atoms with E-state index in [-0.39, 0.29) is 17.6 Å². The zero-order chi connectivity index (χ0) is 14.6. The fourth-order valence-electron chi connectivity index (χ4n) is 1.63. The van der Waals surface area contributed by atoms with Crippen LogP contribution >= 0.6 is 12.2 Å². The van der Waals surface area contributed by atoms with Crippen LogP contribution in [0.3, 0.4) is 0 Å². The van der Waals surface area contributed by atoms with Crippen LogP contribution in [0.25, 0.3) is 0 Å². The van der Waals surface area contributed by atoms with Gasteiger partial charge in [0, 0.05) is 25.1 Å². The van der Waals surface area contributed by atoms with Crippen molar-refractivity contribution in [1.29, 1.82) is 0 Å². The largest absolute Gasteiger partial charge is 0.504 e. The van der Waals surface area contributed by atoms with E-state index in [4.69, 9.17) is 22.7 Å². The lowest BCUT2D eigenvalue weighted by atomic mass is 10.1. The Morgan fingerprint density at radius 1 is 1.58 bits per heavy atom. The number of carbonyl (C=O) groups excluding carboxylic acids is 1. The number of aromatic hydroxyl groups is 1. The van der Waals surface area contributed by atoms with Gasteiger partial charge in [-0.2, -0.15) is 0 Å². The molecule has 0 aliphatic heterocycles. The van der Waals surface area contributed by atoms with Crippen molar-refractivity contribution in [2.45, 2.75) is 6.92 Å². The first-order valence-electron chi connectivity index (χ1n) is 5.78. The van der Waals surface area contributed by atoms with Crippen molar-refractivity contribution < 1.29 is 14.6 Å². The van der Waals surface area contributed by atoms with Crippen LogP contribution in [0.1, 0.15) is 17.3 Å². The fourth-order valence-corrected chi connectivity index (χ4v) is 1.70. The summed E-state index contributed by atoms with van der Waals surface area (Å²) in [4.78, 5) is 14.0. The molecule has 1 amide bonds. The molecule has 0 aromatic heterocycles. The number of amides is 1. The van der Waals surface area contributed by atoms with E-state index in [1.165, 1.54) is 18.1 Å². The highest BCUT2D eigenvalue weighted by atomic mass is 32.1. The third-order valence-electron chi connectivity index (χ3n) is 2.81. The molecular weight excluding hydrogens is 264 g/mol. The molecule has 6 heteroatoms. The van der Waals surface area contributed by atoms with E-state index < -0.39 is 0 Å². The second kappa shape index (κ2) is 6.38. The molecule has 5 nitrogen and oxygen atoms in total. The monoisotopic (exact) mass is 282 g/mol. The van der Waals surface area contributed by atoms with Gasteiger partial charge in [0.1, 0.15) is 0 Å². The smallest absolute Gasteiger partial charge is 0.253 e. The molecule has 1 aromatic rings. The van der Waals surface area contributed by atoms with Crippen molar-refractivity contribution in [3.05, 3.63) is 23.8 Å². The Labute approximate surface area is 118 Å². The number of phenols is 1. The summed E-state index contributed by atoms with van der Waals surface area (Å²) in [6.45, 7) is 2.29. The minimum absolute atomic E-state index is 0.0594. The summed E-state index contributed by atoms with van der Waals surface area (Å²) in [5.74, 6) is -0.00306. The Morgan fingerprint density at radius 3 is 2.68 bits per heavy atom. The zero-order valence-corrected chi connectivity index (χ0v) is 12.0. The van der Waals surface area contributed by atoms with Crippen LogP contribution in [0.15, 0.2) is 18.2 Å². The summed E-state index contributed by atoms with van der Waals surface area (Å²) in [7, 11) is 3.12. The molecule has 0 spiro atoms. The van der Waals surface area contributed by atoms with Crippen molar-refractivity contribution in [1.82, 2.24) is 4.90 Å². The lowest BCUT2D eigenvalue weighted by molar-refractivity contribution is 0.0786. The molecule has 0 radical (unpaired) electrons. The zero-order valence-electron chi connectivity index (χ0n) is 11.2. The molecule has 0 saturated heterocycles. The molecule has 1 atom stereocenters. The molecule has 1 unspecified atom stereocenters. The molecule has 1 aromatic carbocycles. The Bertz CT molecular complexity index is 491. The normalized spacial score (nSPS) is 11.7. The predicted molar refractivity (Wildman–Crippen MR) is 77.6 cm³/mol. The SMILES string of the molecule is COc1ccc(C(=O)N(C)CC(C)C(N)=S)cc1O. The number of thiocarbonyl (C=S) groups is 1. The molecule has 0 saturated carbocycles. The lowest BCUT2D eigenvalue weighted by Crippen LogP contribution is -2.35. The fraction of sp³-hybridized carbons (Fsp3) is 0.385. The third-order valence-corrected chi connectivity index (χ3v) is 3.21. The van der Waals surface area contributed by atoms with E-state index in [1.54, 1.807) is 19.2 Å². The first-order valence-corrected chi connectivity index (χ1v) is 6.19. The topological polar surface area (TPSA) is 75.8 Å². The van der Waals surface area contributed by atoms with Gasteiger partial charge in [-0.25, -0.2) is 0 Å². The molecule has 19 heavy (non-hydrogen) atoms. The molecular formula is C13H18N2O3S. The highest BCUT2D eigenvalue weighted by molar-refractivity contribution is 7.80. The maximum absolute atomic E-state index is 12.1. The summed E-state index contributed by atoms with van der Waals surface area (Å²) >= 11 is 4.88. The number of nitrogens with zero attached hydrogens (tertiary/aromatic N) is 1. The van der Waals surface area contributed by atoms with Gasteiger partial charge in [0.2, 0.25) is 0 Å². The Kier molecular flexibility index (Phi) is 5.11. The number of carbonyl (C=O) groups is 1. The third kappa shape index (κ3) is 3.82. The average Bonchev–Trinajstić information content (AvgIpc) is 2.37. The molecule has 0 bridgehead atoms. The number of phenolic OH excluding ortho intramolecular Hbond substituents is 1.